The maximum absolute atomic E-state index is 10.7. The Hall–Kier alpha value is -1.35. The van der Waals surface area contributed by atoms with Crippen LogP contribution in [0.15, 0.2) is 24.3 Å². The van der Waals surface area contributed by atoms with Gasteiger partial charge < -0.3 is 9.47 Å². The molecule has 1 rings (SSSR count). The standard InChI is InChI=1S/C11H14O3/c1-9(12)7-14-11-5-3-4-10(6-11)8-13-2/h3-6H,7-8H2,1-2H3. The molecule has 0 heterocycles. The van der Waals surface area contributed by atoms with Gasteiger partial charge in [0.25, 0.3) is 0 Å². The van der Waals surface area contributed by atoms with E-state index >= 15 is 0 Å². The fraction of sp³-hybridized carbons (Fsp3) is 0.364. The average Bonchev–Trinajstić information content (AvgIpc) is 2.16. The first-order valence-corrected chi connectivity index (χ1v) is 4.42. The lowest BCUT2D eigenvalue weighted by Gasteiger charge is -2.05. The third-order valence-electron chi connectivity index (χ3n) is 1.65. The van der Waals surface area contributed by atoms with Gasteiger partial charge in [0.2, 0.25) is 0 Å². The van der Waals surface area contributed by atoms with E-state index in [2.05, 4.69) is 0 Å². The van der Waals surface area contributed by atoms with Crippen LogP contribution < -0.4 is 4.74 Å². The summed E-state index contributed by atoms with van der Waals surface area (Å²) in [7, 11) is 1.64. The number of ketones is 1. The number of rotatable bonds is 5. The topological polar surface area (TPSA) is 35.5 Å². The molecule has 0 aliphatic carbocycles. The molecule has 0 saturated carbocycles. The number of ether oxygens (including phenoxy) is 2. The minimum Gasteiger partial charge on any atom is -0.486 e. The van der Waals surface area contributed by atoms with Crippen molar-refractivity contribution in [3.8, 4) is 5.75 Å². The van der Waals surface area contributed by atoms with Gasteiger partial charge in [-0.15, -0.1) is 0 Å². The van der Waals surface area contributed by atoms with E-state index < -0.39 is 0 Å². The Morgan fingerprint density at radius 1 is 1.43 bits per heavy atom. The molecule has 0 radical (unpaired) electrons. The molecule has 0 atom stereocenters. The van der Waals surface area contributed by atoms with E-state index in [1.54, 1.807) is 7.11 Å². The van der Waals surface area contributed by atoms with Crippen molar-refractivity contribution in [1.29, 1.82) is 0 Å². The number of hydrogen-bond donors (Lipinski definition) is 0. The zero-order valence-corrected chi connectivity index (χ0v) is 8.45. The molecular formula is C11H14O3. The summed E-state index contributed by atoms with van der Waals surface area (Å²) in [5, 5.41) is 0. The van der Waals surface area contributed by atoms with Gasteiger partial charge >= 0.3 is 0 Å². The zero-order valence-electron chi connectivity index (χ0n) is 8.45. The summed E-state index contributed by atoms with van der Waals surface area (Å²) in [6, 6.07) is 7.52. The fourth-order valence-corrected chi connectivity index (χ4v) is 1.08. The molecule has 76 valence electrons. The maximum atomic E-state index is 10.7. The lowest BCUT2D eigenvalue weighted by atomic mass is 10.2. The molecule has 3 nitrogen and oxygen atoms in total. The molecule has 0 saturated heterocycles. The lowest BCUT2D eigenvalue weighted by Crippen LogP contribution is -2.06. The molecule has 0 aliphatic rings. The Labute approximate surface area is 83.6 Å². The highest BCUT2D eigenvalue weighted by atomic mass is 16.5. The molecule has 1 aromatic carbocycles. The first kappa shape index (κ1) is 10.7. The summed E-state index contributed by atoms with van der Waals surface area (Å²) in [4.78, 5) is 10.7. The van der Waals surface area contributed by atoms with Crippen LogP contribution in [0.3, 0.4) is 0 Å². The minimum absolute atomic E-state index is 0.0159. The third-order valence-corrected chi connectivity index (χ3v) is 1.65. The number of Topliss-reactive ketones (excluding diaryl/α,β-unsaturated/α-hetero) is 1. The number of hydrogen-bond acceptors (Lipinski definition) is 3. The highest BCUT2D eigenvalue weighted by Gasteiger charge is 1.98. The Bertz CT molecular complexity index is 307. The van der Waals surface area contributed by atoms with Gasteiger partial charge in [-0.3, -0.25) is 4.79 Å². The van der Waals surface area contributed by atoms with Crippen molar-refractivity contribution in [3.63, 3.8) is 0 Å². The van der Waals surface area contributed by atoms with E-state index in [1.807, 2.05) is 24.3 Å². The second kappa shape index (κ2) is 5.40. The molecule has 0 unspecified atom stereocenters. The van der Waals surface area contributed by atoms with Gasteiger partial charge in [0.15, 0.2) is 5.78 Å². The molecule has 0 fully saturated rings. The van der Waals surface area contributed by atoms with Gasteiger partial charge in [-0.05, 0) is 24.6 Å². The van der Waals surface area contributed by atoms with Gasteiger partial charge in [0.1, 0.15) is 12.4 Å². The Kier molecular flexibility index (Phi) is 4.13. The van der Waals surface area contributed by atoms with Crippen molar-refractivity contribution < 1.29 is 14.3 Å². The lowest BCUT2D eigenvalue weighted by molar-refractivity contribution is -0.118. The zero-order chi connectivity index (χ0) is 10.4. The van der Waals surface area contributed by atoms with Crippen molar-refractivity contribution in [3.05, 3.63) is 29.8 Å². The largest absolute Gasteiger partial charge is 0.486 e. The SMILES string of the molecule is COCc1cccc(OCC(C)=O)c1. The van der Waals surface area contributed by atoms with Crippen molar-refractivity contribution in [1.82, 2.24) is 0 Å². The summed E-state index contributed by atoms with van der Waals surface area (Å²) >= 11 is 0. The van der Waals surface area contributed by atoms with E-state index in [1.165, 1.54) is 6.92 Å². The molecular weight excluding hydrogens is 180 g/mol. The summed E-state index contributed by atoms with van der Waals surface area (Å²) in [5.74, 6) is 0.719. The van der Waals surface area contributed by atoms with Crippen molar-refractivity contribution in [2.75, 3.05) is 13.7 Å². The molecule has 3 heteroatoms. The van der Waals surface area contributed by atoms with E-state index in [0.717, 1.165) is 5.56 Å². The predicted molar refractivity (Wildman–Crippen MR) is 53.3 cm³/mol. The predicted octanol–water partition coefficient (Wildman–Crippen LogP) is 1.80. The van der Waals surface area contributed by atoms with E-state index in [4.69, 9.17) is 9.47 Å². The van der Waals surface area contributed by atoms with Crippen LogP contribution in [0.5, 0.6) is 5.75 Å². The molecule has 0 aliphatic heterocycles. The van der Waals surface area contributed by atoms with Crippen LogP contribution in [0.25, 0.3) is 0 Å². The quantitative estimate of drug-likeness (QED) is 0.717. The van der Waals surface area contributed by atoms with Crippen LogP contribution in [0.1, 0.15) is 12.5 Å². The number of carbonyl (C=O) groups is 1. The Morgan fingerprint density at radius 3 is 2.86 bits per heavy atom. The van der Waals surface area contributed by atoms with E-state index in [0.29, 0.717) is 12.4 Å². The smallest absolute Gasteiger partial charge is 0.167 e. The first-order chi connectivity index (χ1) is 6.72. The maximum Gasteiger partial charge on any atom is 0.167 e. The van der Waals surface area contributed by atoms with Gasteiger partial charge in [-0.25, -0.2) is 0 Å². The van der Waals surface area contributed by atoms with Crippen molar-refractivity contribution in [2.24, 2.45) is 0 Å². The summed E-state index contributed by atoms with van der Waals surface area (Å²) in [5.41, 5.74) is 1.04. The van der Waals surface area contributed by atoms with Crippen LogP contribution in [-0.4, -0.2) is 19.5 Å². The molecule has 0 amide bonds. The molecule has 0 spiro atoms. The summed E-state index contributed by atoms with van der Waals surface area (Å²) in [6.07, 6.45) is 0. The van der Waals surface area contributed by atoms with E-state index in [9.17, 15) is 4.79 Å². The molecule has 0 aromatic heterocycles. The Morgan fingerprint density at radius 2 is 2.21 bits per heavy atom. The molecule has 0 bridgehead atoms. The number of methoxy groups -OCH3 is 1. The van der Waals surface area contributed by atoms with E-state index in [-0.39, 0.29) is 12.4 Å². The van der Waals surface area contributed by atoms with Crippen molar-refractivity contribution >= 4 is 5.78 Å². The van der Waals surface area contributed by atoms with Crippen molar-refractivity contribution in [2.45, 2.75) is 13.5 Å². The van der Waals surface area contributed by atoms with Crippen LogP contribution >= 0.6 is 0 Å². The monoisotopic (exact) mass is 194 g/mol. The molecule has 0 N–H and O–H groups in total. The number of benzene rings is 1. The highest BCUT2D eigenvalue weighted by molar-refractivity contribution is 5.77. The second-order valence-corrected chi connectivity index (χ2v) is 3.07. The van der Waals surface area contributed by atoms with Gasteiger partial charge in [0.05, 0.1) is 6.61 Å². The normalized spacial score (nSPS) is 9.86. The fourth-order valence-electron chi connectivity index (χ4n) is 1.08. The Balaban J connectivity index is 2.58. The highest BCUT2D eigenvalue weighted by Crippen LogP contribution is 2.13. The van der Waals surface area contributed by atoms with Crippen LogP contribution in [0.2, 0.25) is 0 Å². The number of carbonyl (C=O) groups excluding carboxylic acids is 1. The van der Waals surface area contributed by atoms with Crippen LogP contribution in [0, 0.1) is 0 Å². The second-order valence-electron chi connectivity index (χ2n) is 3.07. The minimum atomic E-state index is 0.0159. The van der Waals surface area contributed by atoms with Gasteiger partial charge in [0, 0.05) is 7.11 Å². The molecule has 14 heavy (non-hydrogen) atoms. The van der Waals surface area contributed by atoms with Gasteiger partial charge in [-0.1, -0.05) is 12.1 Å². The summed E-state index contributed by atoms with van der Waals surface area (Å²) < 4.78 is 10.2. The molecule has 1 aromatic rings. The van der Waals surface area contributed by atoms with Crippen LogP contribution in [-0.2, 0) is 16.1 Å². The summed E-state index contributed by atoms with van der Waals surface area (Å²) in [6.45, 7) is 2.17. The first-order valence-electron chi connectivity index (χ1n) is 4.42. The average molecular weight is 194 g/mol. The third kappa shape index (κ3) is 3.58. The van der Waals surface area contributed by atoms with Gasteiger partial charge in [-0.2, -0.15) is 0 Å². The van der Waals surface area contributed by atoms with Crippen LogP contribution in [0.4, 0.5) is 0 Å².